The van der Waals surface area contributed by atoms with E-state index in [9.17, 15) is 0 Å². The minimum Gasteiger partial charge on any atom is -0.496 e. The molecule has 1 aromatic heterocycles. The second kappa shape index (κ2) is 6.16. The quantitative estimate of drug-likeness (QED) is 0.853. The predicted octanol–water partition coefficient (Wildman–Crippen LogP) is 3.23. The van der Waals surface area contributed by atoms with Crippen molar-refractivity contribution >= 4 is 0 Å². The van der Waals surface area contributed by atoms with Crippen LogP contribution in [0.15, 0.2) is 24.4 Å². The normalized spacial score (nSPS) is 10.1. The van der Waals surface area contributed by atoms with Crippen LogP contribution in [0.4, 0.5) is 0 Å². The Labute approximate surface area is 119 Å². The molecule has 0 saturated heterocycles. The van der Waals surface area contributed by atoms with Gasteiger partial charge in [-0.15, -0.1) is 0 Å². The fraction of sp³-hybridized carbons (Fsp3) is 0.312. The minimum absolute atomic E-state index is 0.435. The number of nitriles is 1. The third kappa shape index (κ3) is 2.77. The molecular formula is C16H17N3O. The second-order valence-electron chi connectivity index (χ2n) is 4.58. The fourth-order valence-electron chi connectivity index (χ4n) is 2.13. The van der Waals surface area contributed by atoms with Crippen molar-refractivity contribution in [1.82, 2.24) is 9.97 Å². The van der Waals surface area contributed by atoms with E-state index in [1.54, 1.807) is 13.3 Å². The topological polar surface area (TPSA) is 58.8 Å². The molecule has 0 aliphatic heterocycles. The molecule has 0 saturated carbocycles. The summed E-state index contributed by atoms with van der Waals surface area (Å²) in [6.45, 7) is 4.10. The molecule has 1 aromatic carbocycles. The number of hydrogen-bond donors (Lipinski definition) is 0. The minimum atomic E-state index is 0.435. The summed E-state index contributed by atoms with van der Waals surface area (Å²) in [4.78, 5) is 8.74. The number of benzene rings is 1. The number of hydrogen-bond acceptors (Lipinski definition) is 4. The summed E-state index contributed by atoms with van der Waals surface area (Å²) in [5, 5.41) is 8.63. The van der Waals surface area contributed by atoms with Crippen LogP contribution in [-0.4, -0.2) is 17.1 Å². The Morgan fingerprint density at radius 1 is 1.20 bits per heavy atom. The molecule has 2 rings (SSSR count). The number of aryl methyl sites for hydroxylation is 1. The molecule has 4 heteroatoms. The zero-order chi connectivity index (χ0) is 14.5. The molecule has 20 heavy (non-hydrogen) atoms. The van der Waals surface area contributed by atoms with Crippen LogP contribution in [0, 0.1) is 25.2 Å². The van der Waals surface area contributed by atoms with Gasteiger partial charge in [0.2, 0.25) is 0 Å². The monoisotopic (exact) mass is 267 g/mol. The summed E-state index contributed by atoms with van der Waals surface area (Å²) < 4.78 is 5.32. The van der Waals surface area contributed by atoms with E-state index in [-0.39, 0.29) is 0 Å². The van der Waals surface area contributed by atoms with Crippen LogP contribution >= 0.6 is 0 Å². The highest BCUT2D eigenvalue weighted by atomic mass is 16.5. The van der Waals surface area contributed by atoms with E-state index in [4.69, 9.17) is 10.00 Å². The molecule has 102 valence electrons. The third-order valence-corrected chi connectivity index (χ3v) is 3.40. The maximum absolute atomic E-state index is 8.63. The Bertz CT molecular complexity index is 659. The van der Waals surface area contributed by atoms with Gasteiger partial charge < -0.3 is 4.74 Å². The van der Waals surface area contributed by atoms with Crippen LogP contribution in [0.3, 0.4) is 0 Å². The average Bonchev–Trinajstić information content (AvgIpc) is 2.48. The molecule has 0 amide bonds. The summed E-state index contributed by atoms with van der Waals surface area (Å²) in [6, 6.07) is 7.97. The largest absolute Gasteiger partial charge is 0.496 e. The highest BCUT2D eigenvalue weighted by Crippen LogP contribution is 2.29. The molecule has 4 nitrogen and oxygen atoms in total. The first-order valence-electron chi connectivity index (χ1n) is 6.50. The molecule has 0 N–H and O–H groups in total. The van der Waals surface area contributed by atoms with Gasteiger partial charge in [-0.1, -0.05) is 0 Å². The van der Waals surface area contributed by atoms with E-state index in [0.717, 1.165) is 28.1 Å². The third-order valence-electron chi connectivity index (χ3n) is 3.40. The van der Waals surface area contributed by atoms with Crippen molar-refractivity contribution in [3.8, 4) is 23.1 Å². The Kier molecular flexibility index (Phi) is 4.31. The lowest BCUT2D eigenvalue weighted by Gasteiger charge is -2.12. The Morgan fingerprint density at radius 2 is 2.00 bits per heavy atom. The maximum atomic E-state index is 8.63. The molecule has 1 heterocycles. The highest BCUT2D eigenvalue weighted by molar-refractivity contribution is 5.66. The van der Waals surface area contributed by atoms with Gasteiger partial charge in [0.1, 0.15) is 11.6 Å². The van der Waals surface area contributed by atoms with Crippen molar-refractivity contribution in [1.29, 1.82) is 5.26 Å². The average molecular weight is 267 g/mol. The van der Waals surface area contributed by atoms with Crippen LogP contribution < -0.4 is 4.74 Å². The maximum Gasteiger partial charge on any atom is 0.129 e. The van der Waals surface area contributed by atoms with Gasteiger partial charge in [-0.25, -0.2) is 9.97 Å². The van der Waals surface area contributed by atoms with Crippen LogP contribution in [-0.2, 0) is 6.42 Å². The number of methoxy groups -OCH3 is 1. The zero-order valence-electron chi connectivity index (χ0n) is 12.0. The van der Waals surface area contributed by atoms with E-state index < -0.39 is 0 Å². The van der Waals surface area contributed by atoms with Crippen molar-refractivity contribution in [2.45, 2.75) is 26.7 Å². The van der Waals surface area contributed by atoms with Gasteiger partial charge in [0, 0.05) is 24.6 Å². The van der Waals surface area contributed by atoms with Crippen molar-refractivity contribution in [3.63, 3.8) is 0 Å². The number of ether oxygens (including phenoxy) is 1. The fourth-order valence-corrected chi connectivity index (χ4v) is 2.13. The van der Waals surface area contributed by atoms with Gasteiger partial charge in [0.15, 0.2) is 0 Å². The standard InChI is InChI=1S/C16H17N3O/c1-11-12(2)15(20-3)7-6-13(11)14-8-10-18-16(19-14)5-4-9-17/h6-8,10H,4-5H2,1-3H3. The summed E-state index contributed by atoms with van der Waals surface area (Å²) in [7, 11) is 1.67. The molecule has 0 unspecified atom stereocenters. The number of rotatable bonds is 4. The smallest absolute Gasteiger partial charge is 0.129 e. The first-order chi connectivity index (χ1) is 9.67. The lowest BCUT2D eigenvalue weighted by Crippen LogP contribution is -1.98. The molecular weight excluding hydrogens is 250 g/mol. The Morgan fingerprint density at radius 3 is 2.70 bits per heavy atom. The second-order valence-corrected chi connectivity index (χ2v) is 4.58. The molecule has 0 fully saturated rings. The van der Waals surface area contributed by atoms with E-state index in [2.05, 4.69) is 23.0 Å². The zero-order valence-corrected chi connectivity index (χ0v) is 12.0. The van der Waals surface area contributed by atoms with Crippen molar-refractivity contribution < 1.29 is 4.74 Å². The van der Waals surface area contributed by atoms with Gasteiger partial charge in [0.25, 0.3) is 0 Å². The van der Waals surface area contributed by atoms with Gasteiger partial charge in [-0.05, 0) is 43.2 Å². The summed E-state index contributed by atoms with van der Waals surface area (Å²) in [5.41, 5.74) is 4.22. The Hall–Kier alpha value is -2.41. The van der Waals surface area contributed by atoms with Crippen LogP contribution in [0.1, 0.15) is 23.4 Å². The molecule has 0 radical (unpaired) electrons. The lowest BCUT2D eigenvalue weighted by molar-refractivity contribution is 0.411. The lowest BCUT2D eigenvalue weighted by atomic mass is 10.00. The van der Waals surface area contributed by atoms with Crippen LogP contribution in [0.5, 0.6) is 5.75 Å². The van der Waals surface area contributed by atoms with Crippen molar-refractivity contribution in [2.24, 2.45) is 0 Å². The Balaban J connectivity index is 2.42. The van der Waals surface area contributed by atoms with Gasteiger partial charge in [-0.2, -0.15) is 5.26 Å². The van der Waals surface area contributed by atoms with Gasteiger partial charge in [-0.3, -0.25) is 0 Å². The van der Waals surface area contributed by atoms with E-state index in [1.807, 2.05) is 25.1 Å². The molecule has 2 aromatic rings. The first kappa shape index (κ1) is 14.0. The van der Waals surface area contributed by atoms with E-state index >= 15 is 0 Å². The van der Waals surface area contributed by atoms with E-state index in [1.165, 1.54) is 0 Å². The van der Waals surface area contributed by atoms with Crippen molar-refractivity contribution in [3.05, 3.63) is 41.3 Å². The highest BCUT2D eigenvalue weighted by Gasteiger charge is 2.10. The summed E-state index contributed by atoms with van der Waals surface area (Å²) in [6.07, 6.45) is 2.76. The van der Waals surface area contributed by atoms with Crippen molar-refractivity contribution in [2.75, 3.05) is 7.11 Å². The predicted molar refractivity (Wildman–Crippen MR) is 77.4 cm³/mol. The SMILES string of the molecule is COc1ccc(-c2ccnc(CCC#N)n2)c(C)c1C. The summed E-state index contributed by atoms with van der Waals surface area (Å²) >= 11 is 0. The van der Waals surface area contributed by atoms with Gasteiger partial charge in [0.05, 0.1) is 18.9 Å². The molecule has 0 spiro atoms. The molecule has 0 aliphatic carbocycles. The molecule has 0 aliphatic rings. The van der Waals surface area contributed by atoms with E-state index in [0.29, 0.717) is 18.7 Å². The molecule has 0 bridgehead atoms. The molecule has 0 atom stereocenters. The first-order valence-corrected chi connectivity index (χ1v) is 6.50. The van der Waals surface area contributed by atoms with Crippen LogP contribution in [0.2, 0.25) is 0 Å². The van der Waals surface area contributed by atoms with Crippen LogP contribution in [0.25, 0.3) is 11.3 Å². The number of aromatic nitrogens is 2. The summed E-state index contributed by atoms with van der Waals surface area (Å²) in [5.74, 6) is 1.59. The number of nitrogens with zero attached hydrogens (tertiary/aromatic N) is 3. The van der Waals surface area contributed by atoms with Gasteiger partial charge >= 0.3 is 0 Å².